The zero-order valence-corrected chi connectivity index (χ0v) is 9.71. The molecule has 0 N–H and O–H groups in total. The van der Waals surface area contributed by atoms with Gasteiger partial charge in [-0.1, -0.05) is 19.1 Å². The van der Waals surface area contributed by atoms with Crippen LogP contribution >= 0.6 is 0 Å². The number of sulfone groups is 1. The Morgan fingerprint density at radius 2 is 2.12 bits per heavy atom. The van der Waals surface area contributed by atoms with E-state index in [1.165, 1.54) is 6.07 Å². The molecule has 0 spiro atoms. The highest BCUT2D eigenvalue weighted by atomic mass is 32.2. The molecular formula is C11H12O4S. The molecule has 0 bridgehead atoms. The van der Waals surface area contributed by atoms with Crippen molar-refractivity contribution >= 4 is 15.8 Å². The minimum absolute atomic E-state index is 0.0171. The largest absolute Gasteiger partial charge is 0.462 e. The predicted octanol–water partition coefficient (Wildman–Crippen LogP) is 1.19. The minimum atomic E-state index is -3.37. The molecule has 86 valence electrons. The van der Waals surface area contributed by atoms with Crippen LogP contribution in [0.3, 0.4) is 0 Å². The van der Waals surface area contributed by atoms with Gasteiger partial charge in [-0.05, 0) is 11.6 Å². The molecule has 1 aromatic carbocycles. The zero-order valence-electron chi connectivity index (χ0n) is 8.89. The Bertz CT molecular complexity index is 531. The summed E-state index contributed by atoms with van der Waals surface area (Å²) in [5, 5.41) is 0. The van der Waals surface area contributed by atoms with E-state index >= 15 is 0 Å². The van der Waals surface area contributed by atoms with E-state index in [9.17, 15) is 13.2 Å². The van der Waals surface area contributed by atoms with Crippen LogP contribution in [0.2, 0.25) is 0 Å². The number of hydrogen-bond acceptors (Lipinski definition) is 4. The molecule has 0 radical (unpaired) electrons. The second-order valence-corrected chi connectivity index (χ2v) is 5.83. The Balaban J connectivity index is 2.69. The van der Waals surface area contributed by atoms with Crippen LogP contribution in [0.25, 0.3) is 0 Å². The van der Waals surface area contributed by atoms with E-state index in [-0.39, 0.29) is 16.2 Å². The summed E-state index contributed by atoms with van der Waals surface area (Å²) in [5.41, 5.74) is 0.973. The number of benzene rings is 1. The maximum absolute atomic E-state index is 11.8. The van der Waals surface area contributed by atoms with Crippen molar-refractivity contribution in [1.29, 1.82) is 0 Å². The highest BCUT2D eigenvalue weighted by Crippen LogP contribution is 2.25. The first-order valence-corrected chi connectivity index (χ1v) is 6.73. The third kappa shape index (κ3) is 1.71. The summed E-state index contributed by atoms with van der Waals surface area (Å²) in [6.07, 6.45) is 0.578. The third-order valence-electron chi connectivity index (χ3n) is 2.64. The molecule has 2 rings (SSSR count). The van der Waals surface area contributed by atoms with E-state index in [2.05, 4.69) is 0 Å². The molecule has 0 unspecified atom stereocenters. The van der Waals surface area contributed by atoms with Crippen LogP contribution in [0.5, 0.6) is 0 Å². The van der Waals surface area contributed by atoms with Crippen molar-refractivity contribution in [2.75, 3.05) is 12.4 Å². The van der Waals surface area contributed by atoms with E-state index in [0.29, 0.717) is 13.0 Å². The third-order valence-corrected chi connectivity index (χ3v) is 4.41. The summed E-state index contributed by atoms with van der Waals surface area (Å²) in [6.45, 7) is 1.88. The molecule has 0 aliphatic carbocycles. The van der Waals surface area contributed by atoms with Crippen LogP contribution in [0.4, 0.5) is 0 Å². The quantitative estimate of drug-likeness (QED) is 0.729. The van der Waals surface area contributed by atoms with E-state index in [0.717, 1.165) is 5.56 Å². The lowest BCUT2D eigenvalue weighted by atomic mass is 10.0. The van der Waals surface area contributed by atoms with Crippen molar-refractivity contribution in [3.8, 4) is 0 Å². The predicted molar refractivity (Wildman–Crippen MR) is 58.2 cm³/mol. The highest BCUT2D eigenvalue weighted by molar-refractivity contribution is 7.91. The van der Waals surface area contributed by atoms with Gasteiger partial charge in [-0.3, -0.25) is 0 Å². The monoisotopic (exact) mass is 240 g/mol. The molecule has 1 aliphatic heterocycles. The molecular weight excluding hydrogens is 228 g/mol. The van der Waals surface area contributed by atoms with Crippen LogP contribution < -0.4 is 0 Å². The molecule has 1 aliphatic rings. The number of cyclic esters (lactones) is 1. The summed E-state index contributed by atoms with van der Waals surface area (Å²) in [6, 6.07) is 4.90. The van der Waals surface area contributed by atoms with Gasteiger partial charge in [-0.15, -0.1) is 0 Å². The van der Waals surface area contributed by atoms with Crippen LogP contribution in [-0.4, -0.2) is 26.7 Å². The Kier molecular flexibility index (Phi) is 2.71. The van der Waals surface area contributed by atoms with Crippen LogP contribution in [0, 0.1) is 0 Å². The molecule has 16 heavy (non-hydrogen) atoms. The molecule has 1 aromatic rings. The van der Waals surface area contributed by atoms with Gasteiger partial charge in [0.05, 0.1) is 22.8 Å². The van der Waals surface area contributed by atoms with Gasteiger partial charge < -0.3 is 4.74 Å². The van der Waals surface area contributed by atoms with Crippen molar-refractivity contribution < 1.29 is 17.9 Å². The Morgan fingerprint density at radius 3 is 2.81 bits per heavy atom. The first-order chi connectivity index (χ1) is 7.56. The van der Waals surface area contributed by atoms with Gasteiger partial charge in [0.1, 0.15) is 0 Å². The molecule has 0 atom stereocenters. The fourth-order valence-electron chi connectivity index (χ4n) is 1.76. The first-order valence-electron chi connectivity index (χ1n) is 5.08. The highest BCUT2D eigenvalue weighted by Gasteiger charge is 2.27. The fraction of sp³-hybridized carbons (Fsp3) is 0.364. The molecule has 0 saturated carbocycles. The van der Waals surface area contributed by atoms with E-state index in [4.69, 9.17) is 4.74 Å². The Labute approximate surface area is 94.2 Å². The average molecular weight is 240 g/mol. The van der Waals surface area contributed by atoms with E-state index in [1.807, 2.05) is 0 Å². The maximum Gasteiger partial charge on any atom is 0.339 e. The van der Waals surface area contributed by atoms with E-state index < -0.39 is 15.8 Å². The number of carbonyl (C=O) groups is 1. The van der Waals surface area contributed by atoms with Crippen LogP contribution in [-0.2, 0) is 21.0 Å². The maximum atomic E-state index is 11.8. The fourth-order valence-corrected chi connectivity index (χ4v) is 2.88. The van der Waals surface area contributed by atoms with Gasteiger partial charge in [0, 0.05) is 6.42 Å². The van der Waals surface area contributed by atoms with Crippen molar-refractivity contribution in [1.82, 2.24) is 0 Å². The number of fused-ring (bicyclic) bond motifs is 1. The minimum Gasteiger partial charge on any atom is -0.462 e. The molecule has 5 heteroatoms. The molecule has 0 saturated heterocycles. The summed E-state index contributed by atoms with van der Waals surface area (Å²) in [4.78, 5) is 11.7. The average Bonchev–Trinajstić information content (AvgIpc) is 2.29. The van der Waals surface area contributed by atoms with Gasteiger partial charge in [-0.25, -0.2) is 13.2 Å². The number of esters is 1. The second-order valence-electron chi connectivity index (χ2n) is 3.58. The number of hydrogen-bond donors (Lipinski definition) is 0. The van der Waals surface area contributed by atoms with E-state index in [1.54, 1.807) is 19.1 Å². The van der Waals surface area contributed by atoms with Gasteiger partial charge in [-0.2, -0.15) is 0 Å². The number of ether oxygens (including phenoxy) is 1. The molecule has 0 amide bonds. The van der Waals surface area contributed by atoms with Crippen molar-refractivity contribution in [3.05, 3.63) is 29.3 Å². The summed E-state index contributed by atoms with van der Waals surface area (Å²) in [5.74, 6) is -0.551. The topological polar surface area (TPSA) is 60.4 Å². The normalized spacial score (nSPS) is 15.4. The van der Waals surface area contributed by atoms with Gasteiger partial charge in [0.2, 0.25) is 0 Å². The summed E-state index contributed by atoms with van der Waals surface area (Å²) < 4.78 is 28.5. The SMILES string of the molecule is CCS(=O)(=O)c1cccc2c1C(=O)OCC2. The lowest BCUT2D eigenvalue weighted by molar-refractivity contribution is 0.0475. The molecule has 0 fully saturated rings. The van der Waals surface area contributed by atoms with Crippen LogP contribution in [0.1, 0.15) is 22.8 Å². The smallest absolute Gasteiger partial charge is 0.339 e. The zero-order chi connectivity index (χ0) is 11.8. The van der Waals surface area contributed by atoms with Gasteiger partial charge >= 0.3 is 5.97 Å². The molecule has 1 heterocycles. The number of carbonyl (C=O) groups excluding carboxylic acids is 1. The standard InChI is InChI=1S/C11H12O4S/c1-2-16(13,14)9-5-3-4-8-6-7-15-11(12)10(8)9/h3-5H,2,6-7H2,1H3. The Morgan fingerprint density at radius 1 is 1.38 bits per heavy atom. The summed E-state index contributed by atoms with van der Waals surface area (Å²) >= 11 is 0. The van der Waals surface area contributed by atoms with Crippen molar-refractivity contribution in [2.24, 2.45) is 0 Å². The van der Waals surface area contributed by atoms with Crippen LogP contribution in [0.15, 0.2) is 23.1 Å². The van der Waals surface area contributed by atoms with Crippen molar-refractivity contribution in [3.63, 3.8) is 0 Å². The molecule has 0 aromatic heterocycles. The lowest BCUT2D eigenvalue weighted by Gasteiger charge is -2.18. The lowest BCUT2D eigenvalue weighted by Crippen LogP contribution is -2.21. The number of rotatable bonds is 2. The molecule has 4 nitrogen and oxygen atoms in total. The Hall–Kier alpha value is -1.36. The van der Waals surface area contributed by atoms with Crippen molar-refractivity contribution in [2.45, 2.75) is 18.2 Å². The summed E-state index contributed by atoms with van der Waals surface area (Å²) in [7, 11) is -3.37. The second kappa shape index (κ2) is 3.90. The first kappa shape index (κ1) is 11.1. The van der Waals surface area contributed by atoms with Gasteiger partial charge in [0.25, 0.3) is 0 Å². The van der Waals surface area contributed by atoms with Gasteiger partial charge in [0.15, 0.2) is 9.84 Å².